The van der Waals surface area contributed by atoms with Gasteiger partial charge in [0.05, 0.1) is 17.9 Å². The number of alkyl halides is 3. The number of amides is 1. The number of hydroxylamine groups is 1. The molecular formula is C17H16F3NO3. The minimum atomic E-state index is -4.44. The van der Waals surface area contributed by atoms with E-state index >= 15 is 0 Å². The normalized spacial score (nSPS) is 11.2. The average Bonchev–Trinajstić information content (AvgIpc) is 2.58. The van der Waals surface area contributed by atoms with Crippen molar-refractivity contribution in [3.63, 3.8) is 0 Å². The lowest BCUT2D eigenvalue weighted by Crippen LogP contribution is -2.31. The Balaban J connectivity index is 2.09. The van der Waals surface area contributed by atoms with E-state index in [1.54, 1.807) is 31.2 Å². The van der Waals surface area contributed by atoms with E-state index in [1.165, 1.54) is 0 Å². The van der Waals surface area contributed by atoms with Crippen LogP contribution in [0.15, 0.2) is 54.6 Å². The molecule has 0 fully saturated rings. The largest absolute Gasteiger partial charge is 0.443 e. The van der Waals surface area contributed by atoms with Gasteiger partial charge in [-0.3, -0.25) is 4.84 Å². The number of halogens is 3. The van der Waals surface area contributed by atoms with Gasteiger partial charge in [0.25, 0.3) is 0 Å². The molecule has 4 nitrogen and oxygen atoms in total. The number of carbonyl (C=O) groups excluding carboxylic acids is 1. The van der Waals surface area contributed by atoms with Gasteiger partial charge in [-0.05, 0) is 36.8 Å². The van der Waals surface area contributed by atoms with Gasteiger partial charge in [-0.2, -0.15) is 18.2 Å². The van der Waals surface area contributed by atoms with Crippen LogP contribution in [-0.2, 0) is 22.4 Å². The summed E-state index contributed by atoms with van der Waals surface area (Å²) < 4.78 is 42.9. The molecule has 0 unspecified atom stereocenters. The van der Waals surface area contributed by atoms with E-state index in [1.807, 2.05) is 6.07 Å². The zero-order chi connectivity index (χ0) is 17.6. The van der Waals surface area contributed by atoms with Gasteiger partial charge in [-0.15, -0.1) is 0 Å². The SMILES string of the molecule is CCON(C(=O)OCc1ccccc1)c1ccc(C(F)(F)F)cc1. The maximum absolute atomic E-state index is 12.6. The molecule has 0 bridgehead atoms. The summed E-state index contributed by atoms with van der Waals surface area (Å²) in [6.45, 7) is 1.84. The van der Waals surface area contributed by atoms with Crippen LogP contribution in [-0.4, -0.2) is 12.7 Å². The molecule has 0 aliphatic rings. The molecule has 2 rings (SSSR count). The van der Waals surface area contributed by atoms with E-state index in [-0.39, 0.29) is 18.9 Å². The van der Waals surface area contributed by atoms with Crippen molar-refractivity contribution in [2.24, 2.45) is 0 Å². The van der Waals surface area contributed by atoms with Crippen LogP contribution in [0.25, 0.3) is 0 Å². The van der Waals surface area contributed by atoms with E-state index in [0.29, 0.717) is 0 Å². The van der Waals surface area contributed by atoms with Crippen molar-refractivity contribution >= 4 is 11.8 Å². The van der Waals surface area contributed by atoms with Crippen molar-refractivity contribution in [1.82, 2.24) is 0 Å². The van der Waals surface area contributed by atoms with Crippen molar-refractivity contribution in [1.29, 1.82) is 0 Å². The topological polar surface area (TPSA) is 38.8 Å². The summed E-state index contributed by atoms with van der Waals surface area (Å²) in [5.74, 6) is 0. The van der Waals surface area contributed by atoms with Gasteiger partial charge in [0, 0.05) is 0 Å². The molecule has 2 aromatic rings. The van der Waals surface area contributed by atoms with Gasteiger partial charge in [0.15, 0.2) is 0 Å². The number of hydrogen-bond donors (Lipinski definition) is 0. The molecule has 0 spiro atoms. The standard InChI is InChI=1S/C17H16F3NO3/c1-2-24-21(15-10-8-14(9-11-15)17(18,19)20)16(22)23-12-13-6-4-3-5-7-13/h3-11H,2,12H2,1H3. The first kappa shape index (κ1) is 17.8. The first-order valence-electron chi connectivity index (χ1n) is 7.23. The molecular weight excluding hydrogens is 323 g/mol. The summed E-state index contributed by atoms with van der Waals surface area (Å²) in [6, 6.07) is 13.1. The van der Waals surface area contributed by atoms with Gasteiger partial charge in [-0.25, -0.2) is 4.79 Å². The average molecular weight is 339 g/mol. The summed E-state index contributed by atoms with van der Waals surface area (Å²) in [7, 11) is 0. The first-order chi connectivity index (χ1) is 11.4. The number of hydrogen-bond acceptors (Lipinski definition) is 3. The third kappa shape index (κ3) is 4.73. The molecule has 2 aromatic carbocycles. The predicted molar refractivity (Wildman–Crippen MR) is 82.2 cm³/mol. The van der Waals surface area contributed by atoms with Gasteiger partial charge in [0.2, 0.25) is 0 Å². The Hall–Kier alpha value is -2.54. The second-order valence-electron chi connectivity index (χ2n) is 4.80. The van der Waals surface area contributed by atoms with E-state index in [9.17, 15) is 18.0 Å². The fourth-order valence-electron chi connectivity index (χ4n) is 1.93. The highest BCUT2D eigenvalue weighted by Crippen LogP contribution is 2.30. The van der Waals surface area contributed by atoms with E-state index < -0.39 is 17.8 Å². The Kier molecular flexibility index (Phi) is 5.81. The van der Waals surface area contributed by atoms with Gasteiger partial charge < -0.3 is 4.74 Å². The molecule has 0 radical (unpaired) electrons. The third-order valence-corrected chi connectivity index (χ3v) is 3.06. The van der Waals surface area contributed by atoms with Crippen LogP contribution < -0.4 is 5.06 Å². The molecule has 0 aliphatic heterocycles. The quantitative estimate of drug-likeness (QED) is 0.735. The van der Waals surface area contributed by atoms with Crippen molar-refractivity contribution in [3.05, 3.63) is 65.7 Å². The van der Waals surface area contributed by atoms with Crippen molar-refractivity contribution in [2.45, 2.75) is 19.7 Å². The zero-order valence-electron chi connectivity index (χ0n) is 12.9. The van der Waals surface area contributed by atoms with Crippen molar-refractivity contribution < 1.29 is 27.5 Å². The highest BCUT2D eigenvalue weighted by molar-refractivity contribution is 5.85. The summed E-state index contributed by atoms with van der Waals surface area (Å²) >= 11 is 0. The van der Waals surface area contributed by atoms with E-state index in [0.717, 1.165) is 34.9 Å². The Bertz CT molecular complexity index is 657. The fourth-order valence-corrected chi connectivity index (χ4v) is 1.93. The van der Waals surface area contributed by atoms with Crippen LogP contribution in [0, 0.1) is 0 Å². The van der Waals surface area contributed by atoms with Crippen LogP contribution in [0.1, 0.15) is 18.1 Å². The minimum Gasteiger partial charge on any atom is -0.443 e. The lowest BCUT2D eigenvalue weighted by atomic mass is 10.2. The number of anilines is 1. The monoisotopic (exact) mass is 339 g/mol. The van der Waals surface area contributed by atoms with Crippen LogP contribution in [0.4, 0.5) is 23.7 Å². The number of carbonyl (C=O) groups is 1. The van der Waals surface area contributed by atoms with Gasteiger partial charge in [-0.1, -0.05) is 30.3 Å². The highest BCUT2D eigenvalue weighted by Gasteiger charge is 2.30. The third-order valence-electron chi connectivity index (χ3n) is 3.06. The maximum Gasteiger partial charge on any atom is 0.439 e. The Morgan fingerprint density at radius 2 is 1.67 bits per heavy atom. The van der Waals surface area contributed by atoms with Crippen LogP contribution in [0.3, 0.4) is 0 Å². The molecule has 0 saturated heterocycles. The number of ether oxygens (including phenoxy) is 1. The molecule has 7 heteroatoms. The fraction of sp³-hybridized carbons (Fsp3) is 0.235. The number of benzene rings is 2. The molecule has 0 atom stereocenters. The number of rotatable bonds is 5. The lowest BCUT2D eigenvalue weighted by Gasteiger charge is -2.21. The predicted octanol–water partition coefficient (Wildman–Crippen LogP) is 4.80. The Labute approximate surface area is 137 Å². The minimum absolute atomic E-state index is 0.0316. The summed E-state index contributed by atoms with van der Waals surface area (Å²) in [5.41, 5.74) is 0.137. The molecule has 0 aliphatic carbocycles. The molecule has 0 aromatic heterocycles. The first-order valence-corrected chi connectivity index (χ1v) is 7.23. The smallest absolute Gasteiger partial charge is 0.439 e. The molecule has 24 heavy (non-hydrogen) atoms. The molecule has 0 N–H and O–H groups in total. The van der Waals surface area contributed by atoms with Gasteiger partial charge >= 0.3 is 12.3 Å². The maximum atomic E-state index is 12.6. The van der Waals surface area contributed by atoms with Crippen LogP contribution in [0.2, 0.25) is 0 Å². The Morgan fingerprint density at radius 3 is 2.21 bits per heavy atom. The highest BCUT2D eigenvalue weighted by atomic mass is 19.4. The second kappa shape index (κ2) is 7.83. The van der Waals surface area contributed by atoms with Crippen molar-refractivity contribution in [2.75, 3.05) is 11.7 Å². The van der Waals surface area contributed by atoms with E-state index in [4.69, 9.17) is 9.57 Å². The van der Waals surface area contributed by atoms with Crippen LogP contribution >= 0.6 is 0 Å². The Morgan fingerprint density at radius 1 is 1.04 bits per heavy atom. The second-order valence-corrected chi connectivity index (χ2v) is 4.80. The molecule has 128 valence electrons. The lowest BCUT2D eigenvalue weighted by molar-refractivity contribution is -0.137. The summed E-state index contributed by atoms with van der Waals surface area (Å²) in [5, 5.41) is 0.836. The van der Waals surface area contributed by atoms with Crippen LogP contribution in [0.5, 0.6) is 0 Å². The molecule has 0 saturated carbocycles. The molecule has 0 heterocycles. The van der Waals surface area contributed by atoms with Crippen molar-refractivity contribution in [3.8, 4) is 0 Å². The molecule has 1 amide bonds. The zero-order valence-corrected chi connectivity index (χ0v) is 12.9. The summed E-state index contributed by atoms with van der Waals surface area (Å²) in [4.78, 5) is 17.3. The summed E-state index contributed by atoms with van der Waals surface area (Å²) in [6.07, 6.45) is -5.25. The number of nitrogens with zero attached hydrogens (tertiary/aromatic N) is 1. The van der Waals surface area contributed by atoms with E-state index in [2.05, 4.69) is 0 Å². The van der Waals surface area contributed by atoms with Gasteiger partial charge in [0.1, 0.15) is 6.61 Å².